The maximum absolute atomic E-state index is 10.5. The normalized spacial score (nSPS) is 14.7. The molecule has 0 saturated carbocycles. The van der Waals surface area contributed by atoms with Gasteiger partial charge in [0.15, 0.2) is 0 Å². The molecule has 0 bridgehead atoms. The molecule has 0 aliphatic carbocycles. The molecule has 1 amide bonds. The minimum atomic E-state index is 0.0699. The van der Waals surface area contributed by atoms with Crippen molar-refractivity contribution in [3.05, 3.63) is 25.3 Å². The molecular weight excluding hydrogens is 138 g/mol. The third kappa shape index (κ3) is 2.58. The second-order valence-electron chi connectivity index (χ2n) is 2.51. The van der Waals surface area contributed by atoms with Gasteiger partial charge >= 0.3 is 0 Å². The first-order chi connectivity index (χ1) is 5.17. The highest BCUT2D eigenvalue weighted by Crippen LogP contribution is 2.03. The number of hydrogen-bond donors (Lipinski definition) is 0. The fourth-order valence-corrected chi connectivity index (χ4v) is 0.806. The summed E-state index contributed by atoms with van der Waals surface area (Å²) in [4.78, 5) is 12.2. The van der Waals surface area contributed by atoms with Gasteiger partial charge in [-0.3, -0.25) is 4.79 Å². The molecular formula is C9H15NO. The molecule has 0 heterocycles. The molecule has 0 aliphatic rings. The van der Waals surface area contributed by atoms with E-state index < -0.39 is 0 Å². The lowest BCUT2D eigenvalue weighted by Gasteiger charge is -2.26. The molecule has 0 aliphatic heterocycles. The largest absolute Gasteiger partial charge is 0.333 e. The lowest BCUT2D eigenvalue weighted by molar-refractivity contribution is -0.120. The van der Waals surface area contributed by atoms with Gasteiger partial charge in [0.1, 0.15) is 0 Å². The van der Waals surface area contributed by atoms with Crippen molar-refractivity contribution in [2.24, 2.45) is 0 Å². The Labute approximate surface area is 68.2 Å². The van der Waals surface area contributed by atoms with Gasteiger partial charge in [-0.15, -0.1) is 13.2 Å². The summed E-state index contributed by atoms with van der Waals surface area (Å²) in [5.41, 5.74) is 0. The zero-order valence-corrected chi connectivity index (χ0v) is 7.16. The van der Waals surface area contributed by atoms with Crippen LogP contribution in [0.3, 0.4) is 0 Å². The van der Waals surface area contributed by atoms with Gasteiger partial charge in [0.2, 0.25) is 6.41 Å². The lowest BCUT2D eigenvalue weighted by Crippen LogP contribution is -2.36. The smallest absolute Gasteiger partial charge is 0.210 e. The Kier molecular flexibility index (Phi) is 4.27. The molecule has 0 aromatic rings. The van der Waals surface area contributed by atoms with E-state index in [-0.39, 0.29) is 12.1 Å². The van der Waals surface area contributed by atoms with Crippen LogP contribution in [0.25, 0.3) is 0 Å². The van der Waals surface area contributed by atoms with Crippen molar-refractivity contribution in [2.45, 2.75) is 25.9 Å². The Balaban J connectivity index is 4.24. The van der Waals surface area contributed by atoms with Crippen LogP contribution in [0.15, 0.2) is 25.3 Å². The van der Waals surface area contributed by atoms with E-state index in [2.05, 4.69) is 13.2 Å². The van der Waals surface area contributed by atoms with Crippen LogP contribution < -0.4 is 0 Å². The summed E-state index contributed by atoms with van der Waals surface area (Å²) < 4.78 is 0. The fourth-order valence-electron chi connectivity index (χ4n) is 0.806. The average Bonchev–Trinajstić information content (AvgIpc) is 2.05. The summed E-state index contributed by atoms with van der Waals surface area (Å²) in [6, 6.07) is 0.140. The molecule has 0 aromatic heterocycles. The quantitative estimate of drug-likeness (QED) is 0.434. The Morgan fingerprint density at radius 1 is 1.18 bits per heavy atom. The van der Waals surface area contributed by atoms with Gasteiger partial charge in [0.25, 0.3) is 0 Å². The van der Waals surface area contributed by atoms with E-state index in [1.807, 2.05) is 13.8 Å². The Morgan fingerprint density at radius 3 is 1.73 bits per heavy atom. The molecule has 0 radical (unpaired) electrons. The van der Waals surface area contributed by atoms with Crippen LogP contribution in [0.1, 0.15) is 13.8 Å². The Hall–Kier alpha value is -1.05. The van der Waals surface area contributed by atoms with E-state index >= 15 is 0 Å². The maximum Gasteiger partial charge on any atom is 0.210 e. The number of amides is 1. The summed E-state index contributed by atoms with van der Waals surface area (Å²) in [5.74, 6) is 0. The van der Waals surface area contributed by atoms with Gasteiger partial charge < -0.3 is 4.90 Å². The first-order valence-electron chi connectivity index (χ1n) is 3.65. The van der Waals surface area contributed by atoms with Crippen molar-refractivity contribution >= 4 is 6.41 Å². The van der Waals surface area contributed by atoms with Crippen LogP contribution in [0.2, 0.25) is 0 Å². The highest BCUT2D eigenvalue weighted by Gasteiger charge is 2.11. The van der Waals surface area contributed by atoms with Crippen LogP contribution in [0, 0.1) is 0 Å². The van der Waals surface area contributed by atoms with Crippen molar-refractivity contribution in [1.82, 2.24) is 4.90 Å². The van der Waals surface area contributed by atoms with Crippen LogP contribution in [0.5, 0.6) is 0 Å². The number of carbonyl (C=O) groups is 1. The standard InChI is InChI=1S/C9H15NO/c1-5-8(3)10(7-11)9(4)6-2/h5-9H,1-2H2,3-4H3. The fraction of sp³-hybridized carbons (Fsp3) is 0.444. The molecule has 62 valence electrons. The van der Waals surface area contributed by atoms with E-state index in [1.54, 1.807) is 17.1 Å². The van der Waals surface area contributed by atoms with E-state index in [9.17, 15) is 4.79 Å². The topological polar surface area (TPSA) is 20.3 Å². The van der Waals surface area contributed by atoms with Crippen molar-refractivity contribution in [3.63, 3.8) is 0 Å². The Bertz CT molecular complexity index is 140. The molecule has 0 aromatic carbocycles. The van der Waals surface area contributed by atoms with Gasteiger partial charge in [0.05, 0.1) is 0 Å². The molecule has 0 fully saturated rings. The minimum absolute atomic E-state index is 0.0699. The first-order valence-corrected chi connectivity index (χ1v) is 3.65. The first kappa shape index (κ1) is 9.95. The predicted molar refractivity (Wildman–Crippen MR) is 47.2 cm³/mol. The summed E-state index contributed by atoms with van der Waals surface area (Å²) in [5, 5.41) is 0. The second kappa shape index (κ2) is 4.72. The maximum atomic E-state index is 10.5. The third-order valence-electron chi connectivity index (χ3n) is 1.74. The van der Waals surface area contributed by atoms with Crippen molar-refractivity contribution < 1.29 is 4.79 Å². The van der Waals surface area contributed by atoms with Crippen molar-refractivity contribution in [3.8, 4) is 0 Å². The van der Waals surface area contributed by atoms with Gasteiger partial charge in [-0.25, -0.2) is 0 Å². The van der Waals surface area contributed by atoms with Crippen molar-refractivity contribution in [2.75, 3.05) is 0 Å². The number of hydrogen-bond acceptors (Lipinski definition) is 1. The zero-order chi connectivity index (χ0) is 8.85. The number of nitrogens with zero attached hydrogens (tertiary/aromatic N) is 1. The second-order valence-corrected chi connectivity index (χ2v) is 2.51. The molecule has 11 heavy (non-hydrogen) atoms. The number of rotatable bonds is 5. The van der Waals surface area contributed by atoms with Gasteiger partial charge in [0, 0.05) is 12.1 Å². The van der Waals surface area contributed by atoms with Crippen LogP contribution in [-0.2, 0) is 4.79 Å². The molecule has 2 atom stereocenters. The van der Waals surface area contributed by atoms with Crippen LogP contribution in [-0.4, -0.2) is 23.4 Å². The highest BCUT2D eigenvalue weighted by atomic mass is 16.1. The summed E-state index contributed by atoms with van der Waals surface area (Å²) in [6.45, 7) is 11.1. The van der Waals surface area contributed by atoms with Gasteiger partial charge in [-0.1, -0.05) is 12.2 Å². The molecule has 0 N–H and O–H groups in total. The van der Waals surface area contributed by atoms with Crippen molar-refractivity contribution in [1.29, 1.82) is 0 Å². The van der Waals surface area contributed by atoms with Gasteiger partial charge in [-0.05, 0) is 13.8 Å². The average molecular weight is 153 g/mol. The molecule has 0 saturated heterocycles. The number of carbonyl (C=O) groups excluding carboxylic acids is 1. The molecule has 2 unspecified atom stereocenters. The summed E-state index contributed by atoms with van der Waals surface area (Å²) in [7, 11) is 0. The molecule has 0 rings (SSSR count). The van der Waals surface area contributed by atoms with E-state index in [4.69, 9.17) is 0 Å². The van der Waals surface area contributed by atoms with E-state index in [0.717, 1.165) is 6.41 Å². The summed E-state index contributed by atoms with van der Waals surface area (Å²) >= 11 is 0. The third-order valence-corrected chi connectivity index (χ3v) is 1.74. The molecule has 2 heteroatoms. The SMILES string of the molecule is C=CC(C)N(C=O)C(C)C=C. The van der Waals surface area contributed by atoms with Crippen LogP contribution in [0.4, 0.5) is 0 Å². The van der Waals surface area contributed by atoms with Crippen LogP contribution >= 0.6 is 0 Å². The van der Waals surface area contributed by atoms with Gasteiger partial charge in [-0.2, -0.15) is 0 Å². The predicted octanol–water partition coefficient (Wildman–Crippen LogP) is 1.59. The van der Waals surface area contributed by atoms with E-state index in [1.165, 1.54) is 0 Å². The molecule has 0 spiro atoms. The monoisotopic (exact) mass is 153 g/mol. The zero-order valence-electron chi connectivity index (χ0n) is 7.16. The minimum Gasteiger partial charge on any atom is -0.333 e. The lowest BCUT2D eigenvalue weighted by atomic mass is 10.2. The molecule has 2 nitrogen and oxygen atoms in total. The van der Waals surface area contributed by atoms with E-state index in [0.29, 0.717) is 0 Å². The summed E-state index contributed by atoms with van der Waals surface area (Å²) in [6.07, 6.45) is 4.28. The Morgan fingerprint density at radius 2 is 1.55 bits per heavy atom. The highest BCUT2D eigenvalue weighted by molar-refractivity contribution is 5.49.